The first-order valence-electron chi connectivity index (χ1n) is 5.25. The van der Waals surface area contributed by atoms with Gasteiger partial charge in [-0.25, -0.2) is 4.39 Å². The van der Waals surface area contributed by atoms with Crippen LogP contribution in [0.5, 0.6) is 5.75 Å². The summed E-state index contributed by atoms with van der Waals surface area (Å²) in [5.41, 5.74) is 0.711. The lowest BCUT2D eigenvalue weighted by molar-refractivity contribution is -0.132. The minimum atomic E-state index is -0.422. The van der Waals surface area contributed by atoms with E-state index in [0.29, 0.717) is 24.3 Å². The van der Waals surface area contributed by atoms with Gasteiger partial charge >= 0.3 is 0 Å². The van der Waals surface area contributed by atoms with Crippen LogP contribution in [0.2, 0.25) is 0 Å². The van der Waals surface area contributed by atoms with Crippen molar-refractivity contribution in [2.75, 3.05) is 13.6 Å². The topological polar surface area (TPSA) is 29.5 Å². The van der Waals surface area contributed by atoms with E-state index < -0.39 is 6.10 Å². The minimum absolute atomic E-state index is 0.0104. The molecule has 0 radical (unpaired) electrons. The molecule has 0 saturated carbocycles. The van der Waals surface area contributed by atoms with E-state index in [1.54, 1.807) is 24.9 Å². The average Bonchev–Trinajstić information content (AvgIpc) is 2.54. The maximum atomic E-state index is 12.9. The first-order chi connectivity index (χ1) is 7.58. The summed E-state index contributed by atoms with van der Waals surface area (Å²) in [5, 5.41) is 0. The van der Waals surface area contributed by atoms with Crippen molar-refractivity contribution in [3.05, 3.63) is 29.6 Å². The summed E-state index contributed by atoms with van der Waals surface area (Å²) >= 11 is 0. The van der Waals surface area contributed by atoms with Crippen LogP contribution >= 0.6 is 0 Å². The summed E-state index contributed by atoms with van der Waals surface area (Å²) < 4.78 is 18.5. The van der Waals surface area contributed by atoms with E-state index in [1.165, 1.54) is 12.1 Å². The zero-order valence-electron chi connectivity index (χ0n) is 9.37. The number of likely N-dealkylation sites (N-methyl/N-ethyl adjacent to an activating group) is 1. The Bertz CT molecular complexity index is 419. The molecular weight excluding hydrogens is 209 g/mol. The zero-order chi connectivity index (χ0) is 11.7. The molecule has 1 heterocycles. The Hall–Kier alpha value is -1.58. The normalized spacial score (nSPS) is 20.3. The second kappa shape index (κ2) is 4.12. The van der Waals surface area contributed by atoms with Crippen molar-refractivity contribution < 1.29 is 13.9 Å². The standard InChI is InChI=1S/C12H14FNO2/c1-8-7-9(13)3-4-10(8)16-11-5-6-14(2)12(11)15/h3-4,7,11H,5-6H2,1-2H3. The van der Waals surface area contributed by atoms with Crippen LogP contribution in [0.15, 0.2) is 18.2 Å². The van der Waals surface area contributed by atoms with Crippen LogP contribution in [-0.2, 0) is 4.79 Å². The Morgan fingerprint density at radius 2 is 2.25 bits per heavy atom. The van der Waals surface area contributed by atoms with Gasteiger partial charge < -0.3 is 9.64 Å². The van der Waals surface area contributed by atoms with E-state index in [0.717, 1.165) is 0 Å². The summed E-state index contributed by atoms with van der Waals surface area (Å²) in [6.07, 6.45) is 0.265. The summed E-state index contributed by atoms with van der Waals surface area (Å²) in [5.74, 6) is 0.276. The van der Waals surface area contributed by atoms with Crippen LogP contribution in [0.1, 0.15) is 12.0 Å². The Morgan fingerprint density at radius 3 is 2.81 bits per heavy atom. The summed E-state index contributed by atoms with van der Waals surface area (Å²) in [4.78, 5) is 13.3. The lowest BCUT2D eigenvalue weighted by Gasteiger charge is -2.14. The van der Waals surface area contributed by atoms with Crippen LogP contribution in [-0.4, -0.2) is 30.5 Å². The molecule has 1 aliphatic heterocycles. The fourth-order valence-corrected chi connectivity index (χ4v) is 1.80. The molecule has 0 aliphatic carbocycles. The van der Waals surface area contributed by atoms with Crippen molar-refractivity contribution in [1.82, 2.24) is 4.90 Å². The second-order valence-corrected chi connectivity index (χ2v) is 4.06. The van der Waals surface area contributed by atoms with Crippen molar-refractivity contribution in [1.29, 1.82) is 0 Å². The number of aryl methyl sites for hydroxylation is 1. The lowest BCUT2D eigenvalue weighted by atomic mass is 10.2. The molecule has 4 heteroatoms. The number of carbonyl (C=O) groups excluding carboxylic acids is 1. The third kappa shape index (κ3) is 2.01. The molecule has 1 unspecified atom stereocenters. The summed E-state index contributed by atoms with van der Waals surface area (Å²) in [6.45, 7) is 2.48. The fraction of sp³-hybridized carbons (Fsp3) is 0.417. The van der Waals surface area contributed by atoms with E-state index in [2.05, 4.69) is 0 Å². The number of likely N-dealkylation sites (tertiary alicyclic amines) is 1. The number of nitrogens with zero attached hydrogens (tertiary/aromatic N) is 1. The van der Waals surface area contributed by atoms with Gasteiger partial charge in [0, 0.05) is 20.0 Å². The first kappa shape index (κ1) is 10.9. The predicted octanol–water partition coefficient (Wildman–Crippen LogP) is 1.74. The quantitative estimate of drug-likeness (QED) is 0.764. The number of hydrogen-bond acceptors (Lipinski definition) is 2. The van der Waals surface area contributed by atoms with Gasteiger partial charge in [-0.15, -0.1) is 0 Å². The Labute approximate surface area is 93.8 Å². The maximum Gasteiger partial charge on any atom is 0.263 e. The molecule has 0 N–H and O–H groups in total. The van der Waals surface area contributed by atoms with Gasteiger partial charge in [0.05, 0.1) is 0 Å². The van der Waals surface area contributed by atoms with E-state index in [1.807, 2.05) is 0 Å². The molecule has 1 amide bonds. The first-order valence-corrected chi connectivity index (χ1v) is 5.25. The highest BCUT2D eigenvalue weighted by Gasteiger charge is 2.30. The number of ether oxygens (including phenoxy) is 1. The number of amides is 1. The Balaban J connectivity index is 2.12. The highest BCUT2D eigenvalue weighted by molar-refractivity contribution is 5.83. The van der Waals surface area contributed by atoms with Gasteiger partial charge in [0.1, 0.15) is 11.6 Å². The lowest BCUT2D eigenvalue weighted by Crippen LogP contribution is -2.29. The Morgan fingerprint density at radius 1 is 1.50 bits per heavy atom. The number of hydrogen-bond donors (Lipinski definition) is 0. The third-order valence-electron chi connectivity index (χ3n) is 2.78. The molecule has 1 saturated heterocycles. The SMILES string of the molecule is Cc1cc(F)ccc1OC1CCN(C)C1=O. The second-order valence-electron chi connectivity index (χ2n) is 4.06. The van der Waals surface area contributed by atoms with Crippen LogP contribution in [0.25, 0.3) is 0 Å². The largest absolute Gasteiger partial charge is 0.480 e. The molecule has 1 aromatic carbocycles. The Kier molecular flexibility index (Phi) is 2.81. The molecule has 0 bridgehead atoms. The zero-order valence-corrected chi connectivity index (χ0v) is 9.37. The van der Waals surface area contributed by atoms with Gasteiger partial charge in [0.15, 0.2) is 6.10 Å². The van der Waals surface area contributed by atoms with E-state index in [-0.39, 0.29) is 11.7 Å². The number of benzene rings is 1. The third-order valence-corrected chi connectivity index (χ3v) is 2.78. The van der Waals surface area contributed by atoms with E-state index >= 15 is 0 Å². The van der Waals surface area contributed by atoms with Crippen molar-refractivity contribution >= 4 is 5.91 Å². The van der Waals surface area contributed by atoms with Gasteiger partial charge in [-0.2, -0.15) is 0 Å². The van der Waals surface area contributed by atoms with Crippen molar-refractivity contribution in [2.24, 2.45) is 0 Å². The number of halogens is 1. The van der Waals surface area contributed by atoms with Gasteiger partial charge in [-0.3, -0.25) is 4.79 Å². The molecule has 1 aromatic rings. The van der Waals surface area contributed by atoms with Gasteiger partial charge in [-0.1, -0.05) is 0 Å². The van der Waals surface area contributed by atoms with Crippen molar-refractivity contribution in [2.45, 2.75) is 19.4 Å². The van der Waals surface area contributed by atoms with Crippen LogP contribution in [0.4, 0.5) is 4.39 Å². The van der Waals surface area contributed by atoms with Crippen molar-refractivity contribution in [3.8, 4) is 5.75 Å². The highest BCUT2D eigenvalue weighted by Crippen LogP contribution is 2.23. The smallest absolute Gasteiger partial charge is 0.263 e. The number of rotatable bonds is 2. The molecule has 16 heavy (non-hydrogen) atoms. The van der Waals surface area contributed by atoms with Crippen LogP contribution < -0.4 is 4.74 Å². The van der Waals surface area contributed by atoms with E-state index in [9.17, 15) is 9.18 Å². The minimum Gasteiger partial charge on any atom is -0.480 e. The molecule has 1 fully saturated rings. The molecule has 86 valence electrons. The molecule has 0 aromatic heterocycles. The van der Waals surface area contributed by atoms with Gasteiger partial charge in [-0.05, 0) is 30.7 Å². The highest BCUT2D eigenvalue weighted by atomic mass is 19.1. The molecule has 0 spiro atoms. The molecular formula is C12H14FNO2. The molecule has 1 atom stereocenters. The summed E-state index contributed by atoms with van der Waals surface area (Å²) in [6, 6.07) is 4.31. The molecule has 2 rings (SSSR count). The van der Waals surface area contributed by atoms with Crippen LogP contribution in [0.3, 0.4) is 0 Å². The van der Waals surface area contributed by atoms with Gasteiger partial charge in [0.2, 0.25) is 0 Å². The molecule has 1 aliphatic rings. The van der Waals surface area contributed by atoms with Crippen LogP contribution in [0, 0.1) is 12.7 Å². The predicted molar refractivity (Wildman–Crippen MR) is 57.8 cm³/mol. The number of carbonyl (C=O) groups is 1. The maximum absolute atomic E-state index is 12.9. The average molecular weight is 223 g/mol. The fourth-order valence-electron chi connectivity index (χ4n) is 1.80. The summed E-state index contributed by atoms with van der Waals surface area (Å²) in [7, 11) is 1.75. The monoisotopic (exact) mass is 223 g/mol. The molecule has 3 nitrogen and oxygen atoms in total. The van der Waals surface area contributed by atoms with E-state index in [4.69, 9.17) is 4.74 Å². The van der Waals surface area contributed by atoms with Gasteiger partial charge in [0.25, 0.3) is 5.91 Å². The van der Waals surface area contributed by atoms with Crippen molar-refractivity contribution in [3.63, 3.8) is 0 Å².